The zero-order valence-corrected chi connectivity index (χ0v) is 22.5. The van der Waals surface area contributed by atoms with E-state index in [0.717, 1.165) is 25.7 Å². The SMILES string of the molecule is CCCCCCO[P@](C)(=O)O[C@@H](C)C(=O)O[C@@H](C)C(=O)OCCOC(=O)[C@@H](C)OC(=O)[C@@H](C)OC. The van der Waals surface area contributed by atoms with Gasteiger partial charge in [0, 0.05) is 13.8 Å². The summed E-state index contributed by atoms with van der Waals surface area (Å²) in [7, 11) is -2.16. The largest absolute Gasteiger partial charge is 0.459 e. The first-order valence-corrected chi connectivity index (χ1v) is 13.5. The molecule has 0 aromatic rings. The third-order valence-corrected chi connectivity index (χ3v) is 5.86. The van der Waals surface area contributed by atoms with E-state index in [2.05, 4.69) is 6.92 Å². The first kappa shape index (κ1) is 33.0. The van der Waals surface area contributed by atoms with Crippen molar-refractivity contribution in [2.75, 3.05) is 33.6 Å². The fourth-order valence-electron chi connectivity index (χ4n) is 2.37. The molecule has 35 heavy (non-hydrogen) atoms. The Kier molecular flexibility index (Phi) is 16.4. The Morgan fingerprint density at radius 1 is 0.686 bits per heavy atom. The van der Waals surface area contributed by atoms with Crippen LogP contribution in [0.5, 0.6) is 0 Å². The number of unbranched alkanes of at least 4 members (excludes halogenated alkanes) is 3. The van der Waals surface area contributed by atoms with Gasteiger partial charge in [-0.25, -0.2) is 19.2 Å². The van der Waals surface area contributed by atoms with E-state index in [1.807, 2.05) is 0 Å². The average molecular weight is 527 g/mol. The topological polar surface area (TPSA) is 150 Å². The Morgan fingerprint density at radius 3 is 1.63 bits per heavy atom. The van der Waals surface area contributed by atoms with Gasteiger partial charge in [0.05, 0.1) is 6.61 Å². The monoisotopic (exact) mass is 526 g/mol. The molecule has 0 fully saturated rings. The van der Waals surface area contributed by atoms with Crippen LogP contribution in [0, 0.1) is 0 Å². The number of carbonyl (C=O) groups excluding carboxylic acids is 4. The van der Waals surface area contributed by atoms with Crippen molar-refractivity contribution in [3.63, 3.8) is 0 Å². The van der Waals surface area contributed by atoms with Crippen LogP contribution in [0.4, 0.5) is 0 Å². The van der Waals surface area contributed by atoms with Gasteiger partial charge in [-0.1, -0.05) is 26.2 Å². The van der Waals surface area contributed by atoms with Crippen molar-refractivity contribution in [3.8, 4) is 0 Å². The Labute approximate surface area is 206 Å². The van der Waals surface area contributed by atoms with Gasteiger partial charge in [0.15, 0.2) is 24.4 Å². The zero-order valence-electron chi connectivity index (χ0n) is 21.6. The summed E-state index contributed by atoms with van der Waals surface area (Å²) in [5.74, 6) is -3.37. The van der Waals surface area contributed by atoms with E-state index in [1.54, 1.807) is 0 Å². The molecule has 0 spiro atoms. The van der Waals surface area contributed by atoms with E-state index < -0.39 is 55.9 Å². The first-order chi connectivity index (χ1) is 16.3. The summed E-state index contributed by atoms with van der Waals surface area (Å²) in [6.07, 6.45) is -0.771. The van der Waals surface area contributed by atoms with Crippen molar-refractivity contribution in [2.45, 2.75) is 84.7 Å². The van der Waals surface area contributed by atoms with Gasteiger partial charge in [0.25, 0.3) is 0 Å². The summed E-state index contributed by atoms with van der Waals surface area (Å²) in [5, 5.41) is 0. The van der Waals surface area contributed by atoms with Crippen molar-refractivity contribution in [3.05, 3.63) is 0 Å². The van der Waals surface area contributed by atoms with Crippen molar-refractivity contribution < 1.29 is 56.5 Å². The summed E-state index contributed by atoms with van der Waals surface area (Å²) in [6, 6.07) is 0. The van der Waals surface area contributed by atoms with Crippen LogP contribution in [0.15, 0.2) is 0 Å². The minimum atomic E-state index is -3.48. The van der Waals surface area contributed by atoms with Gasteiger partial charge >= 0.3 is 31.5 Å². The molecule has 0 saturated carbocycles. The molecular formula is C22H39O12P. The lowest BCUT2D eigenvalue weighted by Gasteiger charge is -2.20. The maximum atomic E-state index is 12.3. The predicted molar refractivity (Wildman–Crippen MR) is 124 cm³/mol. The van der Waals surface area contributed by atoms with Gasteiger partial charge < -0.3 is 28.2 Å². The van der Waals surface area contributed by atoms with E-state index in [9.17, 15) is 23.7 Å². The summed E-state index contributed by atoms with van der Waals surface area (Å²) < 4.78 is 47.2. The fourth-order valence-corrected chi connectivity index (χ4v) is 3.55. The quantitative estimate of drug-likeness (QED) is 0.112. The summed E-state index contributed by atoms with van der Waals surface area (Å²) >= 11 is 0. The van der Waals surface area contributed by atoms with Gasteiger partial charge in [-0.05, 0) is 34.1 Å². The molecule has 0 aromatic carbocycles. The van der Waals surface area contributed by atoms with Gasteiger partial charge in [-0.3, -0.25) is 9.09 Å². The van der Waals surface area contributed by atoms with Crippen LogP contribution in [0.25, 0.3) is 0 Å². The van der Waals surface area contributed by atoms with Crippen molar-refractivity contribution in [1.29, 1.82) is 0 Å². The van der Waals surface area contributed by atoms with Gasteiger partial charge in [-0.2, -0.15) is 0 Å². The van der Waals surface area contributed by atoms with Crippen LogP contribution in [0.3, 0.4) is 0 Å². The standard InChI is InChI=1S/C22H39O12P/c1-8-9-10-11-12-31-35(7,27)34-18(5)22(26)33-17(4)20(24)30-14-13-29-19(23)16(3)32-21(25)15(2)28-6/h15-18H,8-14H2,1-7H3/t15-,16-,17+,18+,35+/m1/s1. The highest BCUT2D eigenvalue weighted by Crippen LogP contribution is 2.45. The predicted octanol–water partition coefficient (Wildman–Crippen LogP) is 2.80. The van der Waals surface area contributed by atoms with Crippen molar-refractivity contribution in [1.82, 2.24) is 0 Å². The molecule has 0 aromatic heterocycles. The molecule has 0 rings (SSSR count). The van der Waals surface area contributed by atoms with Gasteiger partial charge in [0.1, 0.15) is 13.2 Å². The molecule has 0 amide bonds. The summed E-state index contributed by atoms with van der Waals surface area (Å²) in [4.78, 5) is 47.6. The molecule has 5 atom stereocenters. The third-order valence-electron chi connectivity index (χ3n) is 4.51. The van der Waals surface area contributed by atoms with E-state index >= 15 is 0 Å². The number of hydrogen-bond donors (Lipinski definition) is 0. The second-order valence-electron chi connectivity index (χ2n) is 7.78. The van der Waals surface area contributed by atoms with Crippen LogP contribution in [-0.2, 0) is 56.5 Å². The van der Waals surface area contributed by atoms with E-state index in [4.69, 9.17) is 32.7 Å². The van der Waals surface area contributed by atoms with E-state index in [-0.39, 0.29) is 19.8 Å². The Bertz CT molecular complexity index is 725. The van der Waals surface area contributed by atoms with Crippen LogP contribution in [0.2, 0.25) is 0 Å². The number of esters is 4. The maximum absolute atomic E-state index is 12.3. The molecule has 0 aliphatic rings. The van der Waals surface area contributed by atoms with Crippen LogP contribution in [0.1, 0.15) is 60.3 Å². The lowest BCUT2D eigenvalue weighted by atomic mass is 10.2. The molecule has 0 N–H and O–H groups in total. The zero-order chi connectivity index (χ0) is 27.0. The van der Waals surface area contributed by atoms with Crippen LogP contribution < -0.4 is 0 Å². The second-order valence-corrected chi connectivity index (χ2v) is 9.80. The number of methoxy groups -OCH3 is 1. The maximum Gasteiger partial charge on any atom is 0.347 e. The summed E-state index contributed by atoms with van der Waals surface area (Å²) in [5.41, 5.74) is 0. The highest BCUT2D eigenvalue weighted by Gasteiger charge is 2.29. The lowest BCUT2D eigenvalue weighted by molar-refractivity contribution is -0.176. The molecule has 0 saturated heterocycles. The molecule has 204 valence electrons. The number of hydrogen-bond acceptors (Lipinski definition) is 12. The van der Waals surface area contributed by atoms with Crippen LogP contribution in [-0.4, -0.2) is 81.9 Å². The molecule has 12 nitrogen and oxygen atoms in total. The van der Waals surface area contributed by atoms with Crippen molar-refractivity contribution >= 4 is 31.5 Å². The molecule has 0 bridgehead atoms. The normalized spacial score (nSPS) is 16.2. The Hall–Kier alpha value is -2.01. The molecule has 13 heteroatoms. The fraction of sp³-hybridized carbons (Fsp3) is 0.818. The highest BCUT2D eigenvalue weighted by molar-refractivity contribution is 7.53. The number of ether oxygens (including phenoxy) is 5. The average Bonchev–Trinajstić information content (AvgIpc) is 2.79. The van der Waals surface area contributed by atoms with Crippen LogP contribution >= 0.6 is 7.60 Å². The number of carbonyl (C=O) groups is 4. The second kappa shape index (κ2) is 17.4. The van der Waals surface area contributed by atoms with E-state index in [1.165, 1.54) is 41.5 Å². The summed E-state index contributed by atoms with van der Waals surface area (Å²) in [6.45, 7) is 8.36. The Balaban J connectivity index is 4.29. The first-order valence-electron chi connectivity index (χ1n) is 11.5. The van der Waals surface area contributed by atoms with Gasteiger partial charge in [0.2, 0.25) is 0 Å². The minimum absolute atomic E-state index is 0.246. The molecule has 0 heterocycles. The smallest absolute Gasteiger partial charge is 0.347 e. The Morgan fingerprint density at radius 2 is 1.17 bits per heavy atom. The van der Waals surface area contributed by atoms with Crippen molar-refractivity contribution in [2.24, 2.45) is 0 Å². The third kappa shape index (κ3) is 14.9. The lowest BCUT2D eigenvalue weighted by Crippen LogP contribution is -2.33. The molecule has 0 aliphatic heterocycles. The number of rotatable bonds is 18. The molecule has 0 unspecified atom stereocenters. The molecular weight excluding hydrogens is 487 g/mol. The van der Waals surface area contributed by atoms with E-state index in [0.29, 0.717) is 0 Å². The highest BCUT2D eigenvalue weighted by atomic mass is 31.2. The van der Waals surface area contributed by atoms with Gasteiger partial charge in [-0.15, -0.1) is 0 Å². The molecule has 0 aliphatic carbocycles. The molecule has 0 radical (unpaired) electrons. The minimum Gasteiger partial charge on any atom is -0.459 e.